The van der Waals surface area contributed by atoms with E-state index in [0.717, 1.165) is 5.56 Å². The largest absolute Gasteiger partial charge is 0.383 e. The molecule has 0 aliphatic carbocycles. The Labute approximate surface area is 117 Å². The molecule has 0 saturated carbocycles. The van der Waals surface area contributed by atoms with E-state index in [1.165, 1.54) is 0 Å². The highest BCUT2D eigenvalue weighted by Crippen LogP contribution is 2.32. The van der Waals surface area contributed by atoms with Crippen LogP contribution in [-0.4, -0.2) is 9.55 Å². The van der Waals surface area contributed by atoms with E-state index in [-0.39, 0.29) is 5.54 Å². The van der Waals surface area contributed by atoms with E-state index in [1.807, 2.05) is 4.57 Å². The summed E-state index contributed by atoms with van der Waals surface area (Å²) in [6.07, 6.45) is 1.74. The molecule has 0 aliphatic heterocycles. The van der Waals surface area contributed by atoms with Crippen molar-refractivity contribution in [3.63, 3.8) is 0 Å². The van der Waals surface area contributed by atoms with Crippen molar-refractivity contribution >= 4 is 29.0 Å². The third-order valence-electron chi connectivity index (χ3n) is 2.66. The van der Waals surface area contributed by atoms with E-state index in [1.54, 1.807) is 24.5 Å². The maximum Gasteiger partial charge on any atom is 0.132 e. The maximum absolute atomic E-state index is 6.14. The zero-order valence-corrected chi connectivity index (χ0v) is 12.0. The van der Waals surface area contributed by atoms with Gasteiger partial charge in [-0.25, -0.2) is 4.98 Å². The van der Waals surface area contributed by atoms with Gasteiger partial charge in [-0.2, -0.15) is 0 Å². The molecule has 0 amide bonds. The molecule has 2 aromatic rings. The fourth-order valence-corrected chi connectivity index (χ4v) is 2.33. The van der Waals surface area contributed by atoms with Crippen molar-refractivity contribution in [1.82, 2.24) is 9.55 Å². The molecule has 2 rings (SSSR count). The smallest absolute Gasteiger partial charge is 0.132 e. The van der Waals surface area contributed by atoms with E-state index in [0.29, 0.717) is 21.6 Å². The van der Waals surface area contributed by atoms with Crippen LogP contribution in [0.1, 0.15) is 20.8 Å². The number of benzene rings is 1. The molecule has 0 atom stereocenters. The molecule has 18 heavy (non-hydrogen) atoms. The van der Waals surface area contributed by atoms with Gasteiger partial charge in [-0.3, -0.25) is 0 Å². The lowest BCUT2D eigenvalue weighted by atomic mass is 10.1. The molecule has 0 radical (unpaired) electrons. The van der Waals surface area contributed by atoms with Crippen molar-refractivity contribution < 1.29 is 0 Å². The second-order valence-electron chi connectivity index (χ2n) is 5.18. The number of nitrogens with two attached hydrogens (primary N) is 1. The molecule has 5 heteroatoms. The maximum atomic E-state index is 6.14. The third-order valence-corrected chi connectivity index (χ3v) is 3.10. The van der Waals surface area contributed by atoms with Gasteiger partial charge in [-0.05, 0) is 39.0 Å². The minimum atomic E-state index is -0.113. The van der Waals surface area contributed by atoms with Crippen LogP contribution in [0.4, 0.5) is 5.82 Å². The number of anilines is 1. The van der Waals surface area contributed by atoms with E-state index >= 15 is 0 Å². The first-order valence-corrected chi connectivity index (χ1v) is 6.34. The zero-order valence-electron chi connectivity index (χ0n) is 10.5. The molecule has 0 spiro atoms. The molecule has 1 aromatic carbocycles. The van der Waals surface area contributed by atoms with Crippen molar-refractivity contribution in [2.75, 3.05) is 5.73 Å². The Hall–Kier alpha value is -1.19. The molecule has 0 aliphatic rings. The first kappa shape index (κ1) is 13.2. The fraction of sp³-hybridized carbons (Fsp3) is 0.308. The minimum absolute atomic E-state index is 0.113. The van der Waals surface area contributed by atoms with Crippen LogP contribution in [-0.2, 0) is 5.54 Å². The highest BCUT2D eigenvalue weighted by atomic mass is 35.5. The predicted molar refractivity (Wildman–Crippen MR) is 77.1 cm³/mol. The Kier molecular flexibility index (Phi) is 3.30. The van der Waals surface area contributed by atoms with Crippen molar-refractivity contribution in [2.24, 2.45) is 0 Å². The molecule has 1 aromatic heterocycles. The average molecular weight is 284 g/mol. The molecule has 96 valence electrons. The second-order valence-corrected chi connectivity index (χ2v) is 6.05. The quantitative estimate of drug-likeness (QED) is 0.853. The van der Waals surface area contributed by atoms with Crippen molar-refractivity contribution in [3.8, 4) is 11.3 Å². The van der Waals surface area contributed by atoms with Gasteiger partial charge in [0.1, 0.15) is 11.5 Å². The van der Waals surface area contributed by atoms with E-state index in [4.69, 9.17) is 28.9 Å². The van der Waals surface area contributed by atoms with Gasteiger partial charge in [0, 0.05) is 21.1 Å². The van der Waals surface area contributed by atoms with Crippen LogP contribution in [0, 0.1) is 0 Å². The lowest BCUT2D eigenvalue weighted by Gasteiger charge is -2.22. The van der Waals surface area contributed by atoms with Crippen LogP contribution < -0.4 is 5.73 Å². The number of hydrogen-bond acceptors (Lipinski definition) is 2. The number of imidazole rings is 1. The summed E-state index contributed by atoms with van der Waals surface area (Å²) in [6, 6.07) is 5.29. The second kappa shape index (κ2) is 4.48. The Morgan fingerprint density at radius 1 is 1.11 bits per heavy atom. The molecular weight excluding hydrogens is 269 g/mol. The number of nitrogen functional groups attached to an aromatic ring is 1. The summed E-state index contributed by atoms with van der Waals surface area (Å²) in [6.45, 7) is 6.21. The lowest BCUT2D eigenvalue weighted by Crippen LogP contribution is -2.22. The predicted octanol–water partition coefficient (Wildman–Crippen LogP) is 4.19. The van der Waals surface area contributed by atoms with Crippen molar-refractivity contribution in [2.45, 2.75) is 26.3 Å². The fourth-order valence-electron chi connectivity index (χ4n) is 1.81. The summed E-state index contributed by atoms with van der Waals surface area (Å²) in [5.41, 5.74) is 7.55. The molecule has 0 saturated heterocycles. The highest BCUT2D eigenvalue weighted by molar-refractivity contribution is 6.35. The molecule has 0 bridgehead atoms. The molecular formula is C13H15Cl2N3. The SMILES string of the molecule is CC(C)(C)n1cnc(-c2cc(Cl)cc(Cl)c2)c1N. The first-order valence-electron chi connectivity index (χ1n) is 5.59. The van der Waals surface area contributed by atoms with Crippen LogP contribution >= 0.6 is 23.2 Å². The first-order chi connectivity index (χ1) is 8.29. The Morgan fingerprint density at radius 2 is 1.67 bits per heavy atom. The molecule has 0 fully saturated rings. The molecule has 0 unspecified atom stereocenters. The molecule has 2 N–H and O–H groups in total. The van der Waals surface area contributed by atoms with Crippen LogP contribution in [0.5, 0.6) is 0 Å². The van der Waals surface area contributed by atoms with Gasteiger partial charge in [-0.15, -0.1) is 0 Å². The van der Waals surface area contributed by atoms with E-state index in [2.05, 4.69) is 25.8 Å². The van der Waals surface area contributed by atoms with Crippen LogP contribution in [0.3, 0.4) is 0 Å². The number of halogens is 2. The van der Waals surface area contributed by atoms with Gasteiger partial charge in [0.2, 0.25) is 0 Å². The topological polar surface area (TPSA) is 43.8 Å². The van der Waals surface area contributed by atoms with Crippen LogP contribution in [0.25, 0.3) is 11.3 Å². The Morgan fingerprint density at radius 3 is 2.11 bits per heavy atom. The summed E-state index contributed by atoms with van der Waals surface area (Å²) < 4.78 is 1.93. The minimum Gasteiger partial charge on any atom is -0.383 e. The summed E-state index contributed by atoms with van der Waals surface area (Å²) in [5, 5.41) is 1.14. The van der Waals surface area contributed by atoms with Crippen LogP contribution in [0.2, 0.25) is 10.0 Å². The van der Waals surface area contributed by atoms with Gasteiger partial charge in [0.25, 0.3) is 0 Å². The Balaban J connectivity index is 2.56. The summed E-state index contributed by atoms with van der Waals surface area (Å²) in [5.74, 6) is 0.612. The zero-order chi connectivity index (χ0) is 13.5. The van der Waals surface area contributed by atoms with Gasteiger partial charge < -0.3 is 10.3 Å². The Bertz CT molecular complexity index is 562. The summed E-state index contributed by atoms with van der Waals surface area (Å²) in [4.78, 5) is 4.36. The lowest BCUT2D eigenvalue weighted by molar-refractivity contribution is 0.402. The molecule has 3 nitrogen and oxygen atoms in total. The monoisotopic (exact) mass is 283 g/mol. The summed E-state index contributed by atoms with van der Waals surface area (Å²) >= 11 is 12.0. The van der Waals surface area contributed by atoms with Gasteiger partial charge in [-0.1, -0.05) is 23.2 Å². The highest BCUT2D eigenvalue weighted by Gasteiger charge is 2.19. The summed E-state index contributed by atoms with van der Waals surface area (Å²) in [7, 11) is 0. The van der Waals surface area contributed by atoms with E-state index < -0.39 is 0 Å². The van der Waals surface area contributed by atoms with Gasteiger partial charge >= 0.3 is 0 Å². The number of hydrogen-bond donors (Lipinski definition) is 1. The molecule has 1 heterocycles. The standard InChI is InChI=1S/C13H15Cl2N3/c1-13(2,3)18-7-17-11(12(18)16)8-4-9(14)6-10(15)5-8/h4-7H,16H2,1-3H3. The van der Waals surface area contributed by atoms with Crippen LogP contribution in [0.15, 0.2) is 24.5 Å². The third kappa shape index (κ3) is 2.47. The normalized spacial score (nSPS) is 11.8. The average Bonchev–Trinajstić information content (AvgIpc) is 2.57. The van der Waals surface area contributed by atoms with Gasteiger partial charge in [0.15, 0.2) is 0 Å². The number of rotatable bonds is 1. The van der Waals surface area contributed by atoms with Crippen molar-refractivity contribution in [3.05, 3.63) is 34.6 Å². The number of aromatic nitrogens is 2. The van der Waals surface area contributed by atoms with E-state index in [9.17, 15) is 0 Å². The van der Waals surface area contributed by atoms with Gasteiger partial charge in [0.05, 0.1) is 6.33 Å². The number of nitrogens with zero attached hydrogens (tertiary/aromatic N) is 2. The van der Waals surface area contributed by atoms with Crippen molar-refractivity contribution in [1.29, 1.82) is 0 Å².